The van der Waals surface area contributed by atoms with Crippen molar-refractivity contribution in [3.05, 3.63) is 4.60 Å². The van der Waals surface area contributed by atoms with Crippen molar-refractivity contribution in [3.63, 3.8) is 0 Å². The molecule has 0 spiro atoms. The fourth-order valence-corrected chi connectivity index (χ4v) is 5.22. The van der Waals surface area contributed by atoms with E-state index in [0.29, 0.717) is 4.43 Å². The van der Waals surface area contributed by atoms with Gasteiger partial charge in [-0.05, 0) is 21.8 Å². The maximum Gasteiger partial charge on any atom is 0.260 e. The lowest BCUT2D eigenvalue weighted by atomic mass is 10.1. The average Bonchev–Trinajstić information content (AvgIpc) is 2.55. The van der Waals surface area contributed by atoms with Crippen LogP contribution in [-0.4, -0.2) is 33.9 Å². The summed E-state index contributed by atoms with van der Waals surface area (Å²) in [6.45, 7) is 3.95. The molecule has 0 aromatic carbocycles. The molecule has 1 atom stereocenters. The van der Waals surface area contributed by atoms with Crippen molar-refractivity contribution in [1.82, 2.24) is 19.7 Å². The van der Waals surface area contributed by atoms with Crippen LogP contribution in [0.2, 0.25) is 0 Å². The van der Waals surface area contributed by atoms with E-state index in [9.17, 15) is 8.42 Å². The zero-order valence-electron chi connectivity index (χ0n) is 9.68. The van der Waals surface area contributed by atoms with Gasteiger partial charge in [0.25, 0.3) is 10.0 Å². The van der Waals surface area contributed by atoms with Crippen LogP contribution in [0.25, 0.3) is 0 Å². The summed E-state index contributed by atoms with van der Waals surface area (Å²) in [6, 6.07) is -0.109. The predicted molar refractivity (Wildman–Crippen MR) is 76.5 cm³/mol. The molecule has 17 heavy (non-hydrogen) atoms. The number of nitrogens with one attached hydrogen (secondary N) is 1. The van der Waals surface area contributed by atoms with Crippen molar-refractivity contribution in [2.24, 2.45) is 13.0 Å². The van der Waals surface area contributed by atoms with Gasteiger partial charge in [-0.1, -0.05) is 41.7 Å². The Bertz CT molecular complexity index is 468. The standard InChI is InChI=1S/C8H14BrIN4O2S/c1-5(2)6(4-10)12-17(15,16)8-7(9)11-13-14(8)3/h5-6,12H,4H2,1-3H3. The van der Waals surface area contributed by atoms with Crippen molar-refractivity contribution in [2.45, 2.75) is 24.9 Å². The van der Waals surface area contributed by atoms with Crippen LogP contribution >= 0.6 is 38.5 Å². The zero-order chi connectivity index (χ0) is 13.2. The minimum atomic E-state index is -3.60. The van der Waals surface area contributed by atoms with Crippen LogP contribution in [0.4, 0.5) is 0 Å². The number of aromatic nitrogens is 3. The van der Waals surface area contributed by atoms with E-state index in [0.717, 1.165) is 0 Å². The van der Waals surface area contributed by atoms with E-state index in [2.05, 4.69) is 53.6 Å². The van der Waals surface area contributed by atoms with Gasteiger partial charge in [-0.3, -0.25) is 0 Å². The van der Waals surface area contributed by atoms with Crippen LogP contribution in [0.15, 0.2) is 9.63 Å². The topological polar surface area (TPSA) is 76.9 Å². The van der Waals surface area contributed by atoms with E-state index in [4.69, 9.17) is 0 Å². The number of aryl methyl sites for hydroxylation is 1. The second-order valence-electron chi connectivity index (χ2n) is 3.94. The van der Waals surface area contributed by atoms with Crippen LogP contribution in [0, 0.1) is 5.92 Å². The Labute approximate surface area is 123 Å². The second-order valence-corrected chi connectivity index (χ2v) is 7.20. The largest absolute Gasteiger partial charge is 0.260 e. The van der Waals surface area contributed by atoms with E-state index in [1.165, 1.54) is 4.68 Å². The van der Waals surface area contributed by atoms with Crippen LogP contribution in [-0.2, 0) is 17.1 Å². The molecule has 1 aromatic rings. The number of alkyl halides is 1. The van der Waals surface area contributed by atoms with Crippen molar-refractivity contribution in [2.75, 3.05) is 4.43 Å². The lowest BCUT2D eigenvalue weighted by Crippen LogP contribution is -2.40. The quantitative estimate of drug-likeness (QED) is 0.557. The third kappa shape index (κ3) is 3.61. The van der Waals surface area contributed by atoms with Gasteiger partial charge in [0.05, 0.1) is 0 Å². The summed E-state index contributed by atoms with van der Waals surface area (Å²) in [5, 5.41) is 7.38. The van der Waals surface area contributed by atoms with Crippen molar-refractivity contribution in [1.29, 1.82) is 0 Å². The fraction of sp³-hybridized carbons (Fsp3) is 0.750. The van der Waals surface area contributed by atoms with E-state index >= 15 is 0 Å². The highest BCUT2D eigenvalue weighted by molar-refractivity contribution is 14.1. The number of halogens is 2. The molecule has 9 heteroatoms. The molecule has 0 aliphatic rings. The lowest BCUT2D eigenvalue weighted by Gasteiger charge is -2.19. The Balaban J connectivity index is 3.05. The predicted octanol–water partition coefficient (Wildman–Crippen LogP) is 1.32. The first-order chi connectivity index (χ1) is 7.79. The lowest BCUT2D eigenvalue weighted by molar-refractivity contribution is 0.480. The molecule has 1 aromatic heterocycles. The highest BCUT2D eigenvalue weighted by Crippen LogP contribution is 2.19. The van der Waals surface area contributed by atoms with Crippen LogP contribution in [0.1, 0.15) is 13.8 Å². The molecule has 1 rings (SSSR count). The molecule has 1 unspecified atom stereocenters. The van der Waals surface area contributed by atoms with Gasteiger partial charge in [0.15, 0.2) is 4.60 Å². The minimum absolute atomic E-state index is 0.0491. The third-order valence-electron chi connectivity index (χ3n) is 2.27. The summed E-state index contributed by atoms with van der Waals surface area (Å²) in [4.78, 5) is 0. The molecule has 0 aliphatic carbocycles. The number of rotatable bonds is 5. The summed E-state index contributed by atoms with van der Waals surface area (Å²) in [7, 11) is -2.06. The molecule has 98 valence electrons. The van der Waals surface area contributed by atoms with Gasteiger partial charge in [0.2, 0.25) is 5.03 Å². The van der Waals surface area contributed by atoms with Crippen LogP contribution in [0.3, 0.4) is 0 Å². The average molecular weight is 437 g/mol. The summed E-state index contributed by atoms with van der Waals surface area (Å²) in [5.41, 5.74) is 0. The summed E-state index contributed by atoms with van der Waals surface area (Å²) in [6.07, 6.45) is 0. The van der Waals surface area contributed by atoms with Gasteiger partial charge in [-0.2, -0.15) is 0 Å². The van der Waals surface area contributed by atoms with Gasteiger partial charge >= 0.3 is 0 Å². The molecule has 0 fully saturated rings. The molecule has 0 aliphatic heterocycles. The van der Waals surface area contributed by atoms with Crippen molar-refractivity contribution >= 4 is 48.5 Å². The Kier molecular flexibility index (Phi) is 5.35. The van der Waals surface area contributed by atoms with Crippen LogP contribution < -0.4 is 4.72 Å². The molecule has 0 radical (unpaired) electrons. The number of hydrogen-bond donors (Lipinski definition) is 1. The summed E-state index contributed by atoms with van der Waals surface area (Å²) >= 11 is 5.25. The molecule has 0 bridgehead atoms. The van der Waals surface area contributed by atoms with E-state index in [1.807, 2.05) is 13.8 Å². The SMILES string of the molecule is CC(C)C(CI)NS(=O)(=O)c1c(Br)nnn1C. The van der Waals surface area contributed by atoms with Gasteiger partial charge < -0.3 is 0 Å². The van der Waals surface area contributed by atoms with E-state index in [1.54, 1.807) is 7.05 Å². The first kappa shape index (κ1) is 15.3. The van der Waals surface area contributed by atoms with Gasteiger partial charge in [-0.15, -0.1) is 5.10 Å². The maximum atomic E-state index is 12.2. The smallest absolute Gasteiger partial charge is 0.235 e. The first-order valence-corrected chi connectivity index (χ1v) is 8.73. The molecule has 0 saturated carbocycles. The molecule has 0 amide bonds. The summed E-state index contributed by atoms with van der Waals surface area (Å²) < 4.78 is 29.2. The second kappa shape index (κ2) is 5.93. The minimum Gasteiger partial charge on any atom is -0.235 e. The van der Waals surface area contributed by atoms with Gasteiger partial charge in [0, 0.05) is 17.5 Å². The van der Waals surface area contributed by atoms with Gasteiger partial charge in [-0.25, -0.2) is 17.8 Å². The molecule has 6 nitrogen and oxygen atoms in total. The fourth-order valence-electron chi connectivity index (χ4n) is 1.21. The molecule has 1 heterocycles. The normalized spacial score (nSPS) is 14.2. The molecule has 1 N–H and O–H groups in total. The maximum absolute atomic E-state index is 12.2. The highest BCUT2D eigenvalue weighted by atomic mass is 127. The summed E-state index contributed by atoms with van der Waals surface area (Å²) in [5.74, 6) is 0.224. The molecule has 0 saturated heterocycles. The Morgan fingerprint density at radius 2 is 2.12 bits per heavy atom. The number of nitrogens with zero attached hydrogens (tertiary/aromatic N) is 3. The monoisotopic (exact) mass is 436 g/mol. The first-order valence-electron chi connectivity index (χ1n) is 4.93. The van der Waals surface area contributed by atoms with Gasteiger partial charge in [0.1, 0.15) is 0 Å². The van der Waals surface area contributed by atoms with Crippen LogP contribution in [0.5, 0.6) is 0 Å². The highest BCUT2D eigenvalue weighted by Gasteiger charge is 2.27. The van der Waals surface area contributed by atoms with Crippen molar-refractivity contribution in [3.8, 4) is 0 Å². The molecular weight excluding hydrogens is 423 g/mol. The Morgan fingerprint density at radius 1 is 1.53 bits per heavy atom. The zero-order valence-corrected chi connectivity index (χ0v) is 14.2. The molecular formula is C8H14BrIN4O2S. The number of sulfonamides is 1. The number of hydrogen-bond acceptors (Lipinski definition) is 4. The van der Waals surface area contributed by atoms with E-state index in [-0.39, 0.29) is 21.6 Å². The van der Waals surface area contributed by atoms with Crippen molar-refractivity contribution < 1.29 is 8.42 Å². The Morgan fingerprint density at radius 3 is 2.47 bits per heavy atom. The van der Waals surface area contributed by atoms with E-state index < -0.39 is 10.0 Å². The Hall–Kier alpha value is 0.260. The third-order valence-corrected chi connectivity index (χ3v) is 5.59.